The van der Waals surface area contributed by atoms with E-state index in [0.717, 1.165) is 12.8 Å². The highest BCUT2D eigenvalue weighted by Gasteiger charge is 2.11. The minimum absolute atomic E-state index is 0.0889. The molecule has 0 heterocycles. The lowest BCUT2D eigenvalue weighted by atomic mass is 9.80. The number of rotatable bonds is 4. The summed E-state index contributed by atoms with van der Waals surface area (Å²) in [6.07, 6.45) is 1.62. The molecule has 0 aromatic carbocycles. The van der Waals surface area contributed by atoms with Gasteiger partial charge in [-0.2, -0.15) is 0 Å². The van der Waals surface area contributed by atoms with Crippen molar-refractivity contribution in [2.24, 2.45) is 5.92 Å². The van der Waals surface area contributed by atoms with E-state index >= 15 is 0 Å². The van der Waals surface area contributed by atoms with Crippen LogP contribution < -0.4 is 0 Å². The number of aliphatic hydroxyl groups is 1. The van der Waals surface area contributed by atoms with Gasteiger partial charge in [0.05, 0.1) is 7.85 Å². The molecule has 0 aliphatic rings. The van der Waals surface area contributed by atoms with Crippen LogP contribution in [0.4, 0.5) is 0 Å². The van der Waals surface area contributed by atoms with Crippen molar-refractivity contribution in [3.8, 4) is 0 Å². The van der Waals surface area contributed by atoms with Crippen molar-refractivity contribution in [1.29, 1.82) is 0 Å². The molecule has 0 aliphatic heterocycles. The second-order valence-electron chi connectivity index (χ2n) is 3.18. The van der Waals surface area contributed by atoms with Crippen LogP contribution in [-0.2, 0) is 0 Å². The molecule has 0 amide bonds. The molecule has 2 radical (unpaired) electrons. The number of hydrogen-bond acceptors (Lipinski definition) is 1. The first-order valence-electron chi connectivity index (χ1n) is 4.01. The smallest absolute Gasteiger partial charge is 0.0730 e. The highest BCUT2D eigenvalue weighted by atomic mass is 16.3. The van der Waals surface area contributed by atoms with Crippen LogP contribution in [0.2, 0.25) is 5.82 Å². The van der Waals surface area contributed by atoms with Crippen molar-refractivity contribution in [3.63, 3.8) is 0 Å². The molecule has 2 unspecified atom stereocenters. The molecule has 0 saturated carbocycles. The lowest BCUT2D eigenvalue weighted by molar-refractivity contribution is 0.141. The van der Waals surface area contributed by atoms with Gasteiger partial charge in [-0.15, -0.1) is 0 Å². The second kappa shape index (κ2) is 4.78. The van der Waals surface area contributed by atoms with Crippen molar-refractivity contribution in [2.75, 3.05) is 0 Å². The monoisotopic (exact) mass is 140 g/mol. The largest absolute Gasteiger partial charge is 0.394 e. The quantitative estimate of drug-likeness (QED) is 0.590. The Morgan fingerprint density at radius 2 is 1.90 bits per heavy atom. The van der Waals surface area contributed by atoms with Crippen LogP contribution in [0.1, 0.15) is 33.6 Å². The van der Waals surface area contributed by atoms with Gasteiger partial charge in [0.1, 0.15) is 0 Å². The summed E-state index contributed by atoms with van der Waals surface area (Å²) < 4.78 is 0. The highest BCUT2D eigenvalue weighted by Crippen LogP contribution is 2.16. The summed E-state index contributed by atoms with van der Waals surface area (Å²) in [5.41, 5.74) is 0. The first kappa shape index (κ1) is 10.0. The van der Waals surface area contributed by atoms with E-state index in [4.69, 9.17) is 7.85 Å². The van der Waals surface area contributed by atoms with Crippen molar-refractivity contribution in [3.05, 3.63) is 0 Å². The Hall–Kier alpha value is 0.0249. The first-order chi connectivity index (χ1) is 4.57. The summed E-state index contributed by atoms with van der Waals surface area (Å²) in [6.45, 7) is 6.09. The van der Waals surface area contributed by atoms with Crippen molar-refractivity contribution >= 4 is 7.85 Å². The van der Waals surface area contributed by atoms with E-state index in [0.29, 0.717) is 5.92 Å². The Morgan fingerprint density at radius 3 is 2.20 bits per heavy atom. The van der Waals surface area contributed by atoms with Crippen LogP contribution in [0.25, 0.3) is 0 Å². The molecule has 0 spiro atoms. The van der Waals surface area contributed by atoms with Crippen LogP contribution in [-0.4, -0.2) is 19.1 Å². The lowest BCUT2D eigenvalue weighted by Gasteiger charge is -2.17. The van der Waals surface area contributed by atoms with E-state index < -0.39 is 0 Å². The maximum Gasteiger partial charge on any atom is 0.0730 e. The molecule has 1 nitrogen and oxygen atoms in total. The van der Waals surface area contributed by atoms with Gasteiger partial charge in [-0.3, -0.25) is 0 Å². The summed E-state index contributed by atoms with van der Waals surface area (Å²) in [5.74, 6) is 0.495. The van der Waals surface area contributed by atoms with E-state index in [1.807, 2.05) is 6.92 Å². The fourth-order valence-electron chi connectivity index (χ4n) is 0.794. The molecular weight excluding hydrogens is 123 g/mol. The SMILES string of the molecule is [B]C(C)C(O)C[C@@H](C)CC. The van der Waals surface area contributed by atoms with Gasteiger partial charge in [0.15, 0.2) is 0 Å². The van der Waals surface area contributed by atoms with Gasteiger partial charge in [0, 0.05) is 6.10 Å². The van der Waals surface area contributed by atoms with E-state index in [1.165, 1.54) is 0 Å². The molecule has 0 aromatic heterocycles. The molecule has 0 saturated heterocycles. The molecule has 0 bridgehead atoms. The molecule has 0 rings (SSSR count). The third-order valence-electron chi connectivity index (χ3n) is 1.95. The molecule has 0 aromatic rings. The second-order valence-corrected chi connectivity index (χ2v) is 3.18. The fourth-order valence-corrected chi connectivity index (χ4v) is 0.794. The molecule has 0 aliphatic carbocycles. The minimum atomic E-state index is -0.324. The van der Waals surface area contributed by atoms with Crippen LogP contribution in [0.5, 0.6) is 0 Å². The third-order valence-corrected chi connectivity index (χ3v) is 1.95. The zero-order chi connectivity index (χ0) is 8.15. The van der Waals surface area contributed by atoms with Gasteiger partial charge in [-0.1, -0.05) is 33.0 Å². The summed E-state index contributed by atoms with van der Waals surface area (Å²) in [7, 11) is 5.49. The Balaban J connectivity index is 3.46. The normalized spacial score (nSPS) is 20.0. The van der Waals surface area contributed by atoms with Crippen LogP contribution in [0.15, 0.2) is 0 Å². The lowest BCUT2D eigenvalue weighted by Crippen LogP contribution is -2.15. The third kappa shape index (κ3) is 3.94. The van der Waals surface area contributed by atoms with Crippen molar-refractivity contribution in [2.45, 2.75) is 45.5 Å². The predicted molar refractivity (Wildman–Crippen MR) is 45.3 cm³/mol. The molecule has 2 heteroatoms. The van der Waals surface area contributed by atoms with E-state index in [1.54, 1.807) is 0 Å². The average Bonchev–Trinajstić information content (AvgIpc) is 1.87. The van der Waals surface area contributed by atoms with Crippen LogP contribution in [0.3, 0.4) is 0 Å². The zero-order valence-corrected chi connectivity index (χ0v) is 7.17. The number of hydrogen-bond donors (Lipinski definition) is 1. The van der Waals surface area contributed by atoms with Crippen molar-refractivity contribution in [1.82, 2.24) is 0 Å². The Bertz CT molecular complexity index is 83.3. The Morgan fingerprint density at radius 1 is 1.40 bits per heavy atom. The van der Waals surface area contributed by atoms with E-state index in [-0.39, 0.29) is 11.9 Å². The summed E-state index contributed by atoms with van der Waals surface area (Å²) in [5, 5.41) is 9.30. The van der Waals surface area contributed by atoms with E-state index in [9.17, 15) is 5.11 Å². The molecule has 3 atom stereocenters. The van der Waals surface area contributed by atoms with Gasteiger partial charge in [-0.25, -0.2) is 0 Å². The topological polar surface area (TPSA) is 20.2 Å². The van der Waals surface area contributed by atoms with Crippen molar-refractivity contribution < 1.29 is 5.11 Å². The van der Waals surface area contributed by atoms with Gasteiger partial charge < -0.3 is 5.11 Å². The predicted octanol–water partition coefficient (Wildman–Crippen LogP) is 1.76. The number of aliphatic hydroxyl groups excluding tert-OH is 1. The van der Waals surface area contributed by atoms with Gasteiger partial charge in [0.25, 0.3) is 0 Å². The molecular formula is C8H17BO. The summed E-state index contributed by atoms with van der Waals surface area (Å²) in [4.78, 5) is 0. The fraction of sp³-hybridized carbons (Fsp3) is 1.00. The summed E-state index contributed by atoms with van der Waals surface area (Å²) in [6, 6.07) is 0. The maximum atomic E-state index is 9.30. The molecule has 1 N–H and O–H groups in total. The van der Waals surface area contributed by atoms with Crippen LogP contribution >= 0.6 is 0 Å². The standard InChI is InChI=1S/C8H17BO/c1-4-6(2)5-8(10)7(3)9/h6-8,10H,4-5H2,1-3H3/t6-,7?,8?/m0/s1. The Kier molecular flexibility index (Phi) is 4.79. The molecule has 10 heavy (non-hydrogen) atoms. The summed E-state index contributed by atoms with van der Waals surface area (Å²) >= 11 is 0. The van der Waals surface area contributed by atoms with Crippen LogP contribution in [0, 0.1) is 5.92 Å². The van der Waals surface area contributed by atoms with Gasteiger partial charge >= 0.3 is 0 Å². The Labute approximate surface area is 65.2 Å². The molecule has 58 valence electrons. The van der Waals surface area contributed by atoms with Gasteiger partial charge in [0.2, 0.25) is 0 Å². The average molecular weight is 140 g/mol. The maximum absolute atomic E-state index is 9.30. The molecule has 0 fully saturated rings. The van der Waals surface area contributed by atoms with Gasteiger partial charge in [-0.05, 0) is 12.3 Å². The minimum Gasteiger partial charge on any atom is -0.394 e. The zero-order valence-electron chi connectivity index (χ0n) is 7.17. The highest BCUT2D eigenvalue weighted by molar-refractivity contribution is 6.11. The first-order valence-corrected chi connectivity index (χ1v) is 4.01. The van der Waals surface area contributed by atoms with E-state index in [2.05, 4.69) is 13.8 Å².